The molecule has 0 bridgehead atoms. The maximum Gasteiger partial charge on any atom is 0.326 e. The van der Waals surface area contributed by atoms with Gasteiger partial charge < -0.3 is 4.98 Å². The Morgan fingerprint density at radius 2 is 2.35 bits per heavy atom. The maximum absolute atomic E-state index is 12.1. The minimum absolute atomic E-state index is 0.0244. The highest BCUT2D eigenvalue weighted by Gasteiger charge is 2.23. The Morgan fingerprint density at radius 1 is 1.55 bits per heavy atom. The number of H-pyrrole nitrogens is 1. The molecule has 1 aromatic carbocycles. The van der Waals surface area contributed by atoms with E-state index < -0.39 is 0 Å². The summed E-state index contributed by atoms with van der Waals surface area (Å²) in [6.45, 7) is 12.2. The molecule has 1 atom stereocenters. The molecule has 3 rings (SSSR count). The van der Waals surface area contributed by atoms with Crippen molar-refractivity contribution in [3.8, 4) is 0 Å². The molecule has 0 unspecified atom stereocenters. The quantitative estimate of drug-likeness (QED) is 0.868. The Hall–Kier alpha value is -2.07. The molecule has 4 heteroatoms. The first-order valence-electron chi connectivity index (χ1n) is 6.85. The maximum atomic E-state index is 12.1. The number of nitrogens with one attached hydrogen (secondary N) is 1. The SMILES string of the molecule is C=CC(=C)CN1Cc2cccc3[nH]c(=O)n(c23)C[C@@H]1C. The third-order valence-electron chi connectivity index (χ3n) is 4.01. The number of aromatic nitrogens is 2. The van der Waals surface area contributed by atoms with E-state index in [2.05, 4.69) is 36.0 Å². The second kappa shape index (κ2) is 4.80. The van der Waals surface area contributed by atoms with E-state index in [0.717, 1.165) is 29.7 Å². The summed E-state index contributed by atoms with van der Waals surface area (Å²) in [4.78, 5) is 17.4. The topological polar surface area (TPSA) is 41.0 Å². The van der Waals surface area contributed by atoms with Crippen molar-refractivity contribution in [1.82, 2.24) is 14.5 Å². The van der Waals surface area contributed by atoms with Crippen molar-refractivity contribution in [2.75, 3.05) is 6.54 Å². The predicted molar refractivity (Wildman–Crippen MR) is 81.8 cm³/mol. The van der Waals surface area contributed by atoms with Crippen LogP contribution in [0.2, 0.25) is 0 Å². The van der Waals surface area contributed by atoms with Gasteiger partial charge in [0.2, 0.25) is 0 Å². The van der Waals surface area contributed by atoms with Gasteiger partial charge in [0.15, 0.2) is 0 Å². The number of hydrogen-bond donors (Lipinski definition) is 1. The smallest absolute Gasteiger partial charge is 0.306 e. The minimum Gasteiger partial charge on any atom is -0.306 e. The average Bonchev–Trinajstić information content (AvgIpc) is 2.66. The summed E-state index contributed by atoms with van der Waals surface area (Å²) < 4.78 is 1.85. The van der Waals surface area contributed by atoms with E-state index in [1.807, 2.05) is 16.7 Å². The molecule has 1 aliphatic rings. The normalized spacial score (nSPS) is 18.9. The lowest BCUT2D eigenvalue weighted by molar-refractivity contribution is 0.207. The highest BCUT2D eigenvalue weighted by Crippen LogP contribution is 2.23. The lowest BCUT2D eigenvalue weighted by atomic mass is 10.1. The van der Waals surface area contributed by atoms with Crippen molar-refractivity contribution in [3.63, 3.8) is 0 Å². The zero-order valence-electron chi connectivity index (χ0n) is 11.7. The molecule has 104 valence electrons. The van der Waals surface area contributed by atoms with Crippen molar-refractivity contribution in [2.45, 2.75) is 26.1 Å². The van der Waals surface area contributed by atoms with Crippen molar-refractivity contribution < 1.29 is 0 Å². The van der Waals surface area contributed by atoms with Gasteiger partial charge in [0, 0.05) is 25.7 Å². The van der Waals surface area contributed by atoms with Crippen molar-refractivity contribution in [1.29, 1.82) is 0 Å². The Kier molecular flexibility index (Phi) is 3.10. The zero-order valence-corrected chi connectivity index (χ0v) is 11.7. The third kappa shape index (κ3) is 2.02. The van der Waals surface area contributed by atoms with Gasteiger partial charge in [0.25, 0.3) is 0 Å². The molecule has 2 aromatic rings. The monoisotopic (exact) mass is 269 g/mol. The number of para-hydroxylation sites is 1. The van der Waals surface area contributed by atoms with E-state index in [4.69, 9.17) is 0 Å². The first-order valence-corrected chi connectivity index (χ1v) is 6.85. The van der Waals surface area contributed by atoms with Crippen molar-refractivity contribution >= 4 is 11.0 Å². The molecule has 0 fully saturated rings. The summed E-state index contributed by atoms with van der Waals surface area (Å²) in [5, 5.41) is 0. The summed E-state index contributed by atoms with van der Waals surface area (Å²) in [6.07, 6.45) is 1.80. The van der Waals surface area contributed by atoms with E-state index in [1.165, 1.54) is 5.56 Å². The number of hydrogen-bond acceptors (Lipinski definition) is 2. The number of rotatable bonds is 3. The van der Waals surface area contributed by atoms with Crippen molar-refractivity contribution in [3.05, 3.63) is 59.1 Å². The summed E-state index contributed by atoms with van der Waals surface area (Å²) in [6, 6.07) is 6.32. The van der Waals surface area contributed by atoms with Gasteiger partial charge in [-0.05, 0) is 24.1 Å². The fraction of sp³-hybridized carbons (Fsp3) is 0.312. The van der Waals surface area contributed by atoms with Gasteiger partial charge in [-0.2, -0.15) is 0 Å². The van der Waals surface area contributed by atoms with Gasteiger partial charge >= 0.3 is 5.69 Å². The number of imidazole rings is 1. The Balaban J connectivity index is 2.07. The van der Waals surface area contributed by atoms with E-state index in [9.17, 15) is 4.79 Å². The molecule has 0 radical (unpaired) electrons. The Bertz CT molecular complexity index is 738. The van der Waals surface area contributed by atoms with Crippen LogP contribution in [0.25, 0.3) is 11.0 Å². The second-order valence-electron chi connectivity index (χ2n) is 5.47. The van der Waals surface area contributed by atoms with E-state index in [0.29, 0.717) is 6.54 Å². The van der Waals surface area contributed by atoms with Crippen LogP contribution >= 0.6 is 0 Å². The highest BCUT2D eigenvalue weighted by atomic mass is 16.1. The molecule has 0 spiro atoms. The van der Waals surface area contributed by atoms with Gasteiger partial charge in [-0.25, -0.2) is 4.79 Å². The van der Waals surface area contributed by atoms with Gasteiger partial charge in [-0.3, -0.25) is 9.47 Å². The van der Waals surface area contributed by atoms with Gasteiger partial charge in [0.1, 0.15) is 0 Å². The molecule has 0 saturated carbocycles. The highest BCUT2D eigenvalue weighted by molar-refractivity contribution is 5.79. The fourth-order valence-electron chi connectivity index (χ4n) is 2.89. The molecule has 20 heavy (non-hydrogen) atoms. The molecule has 1 aliphatic heterocycles. The standard InChI is InChI=1S/C16H19N3O/c1-4-11(2)8-18-10-13-6-5-7-14-15(13)19(9-12(18)3)16(20)17-14/h4-7,12H,1-2,8-10H2,3H3,(H,17,20)/t12-/m0/s1. The van der Waals surface area contributed by atoms with Crippen LogP contribution in [0.5, 0.6) is 0 Å². The molecule has 4 nitrogen and oxygen atoms in total. The van der Waals surface area contributed by atoms with Gasteiger partial charge in [0.05, 0.1) is 11.0 Å². The lowest BCUT2D eigenvalue weighted by Crippen LogP contribution is -2.36. The lowest BCUT2D eigenvalue weighted by Gasteiger charge is -2.27. The number of aromatic amines is 1. The number of nitrogens with zero attached hydrogens (tertiary/aromatic N) is 2. The summed E-state index contributed by atoms with van der Waals surface area (Å²) in [5.74, 6) is 0. The van der Waals surface area contributed by atoms with Crippen LogP contribution in [0.1, 0.15) is 12.5 Å². The first-order chi connectivity index (χ1) is 9.60. The largest absolute Gasteiger partial charge is 0.326 e. The molecule has 0 amide bonds. The fourth-order valence-corrected chi connectivity index (χ4v) is 2.89. The van der Waals surface area contributed by atoms with E-state index in [-0.39, 0.29) is 11.7 Å². The van der Waals surface area contributed by atoms with Crippen LogP contribution in [0, 0.1) is 0 Å². The average molecular weight is 269 g/mol. The molecule has 1 aromatic heterocycles. The summed E-state index contributed by atoms with van der Waals surface area (Å²) in [5.41, 5.74) is 4.12. The Labute approximate surface area is 118 Å². The van der Waals surface area contributed by atoms with Gasteiger partial charge in [-0.15, -0.1) is 0 Å². The van der Waals surface area contributed by atoms with Crippen LogP contribution in [0.3, 0.4) is 0 Å². The summed E-state index contributed by atoms with van der Waals surface area (Å²) in [7, 11) is 0. The van der Waals surface area contributed by atoms with Crippen molar-refractivity contribution in [2.24, 2.45) is 0 Å². The van der Waals surface area contributed by atoms with E-state index in [1.54, 1.807) is 6.08 Å². The molecular weight excluding hydrogens is 250 g/mol. The second-order valence-corrected chi connectivity index (χ2v) is 5.47. The van der Waals surface area contributed by atoms with Crippen LogP contribution in [0.4, 0.5) is 0 Å². The van der Waals surface area contributed by atoms with Gasteiger partial charge in [-0.1, -0.05) is 31.4 Å². The number of benzene rings is 1. The molecule has 2 heterocycles. The zero-order chi connectivity index (χ0) is 14.3. The molecule has 0 aliphatic carbocycles. The Morgan fingerprint density at radius 3 is 3.10 bits per heavy atom. The van der Waals surface area contributed by atoms with Crippen LogP contribution < -0.4 is 5.69 Å². The molecule has 1 N–H and O–H groups in total. The summed E-state index contributed by atoms with van der Waals surface area (Å²) >= 11 is 0. The third-order valence-corrected chi connectivity index (χ3v) is 4.01. The minimum atomic E-state index is -0.0244. The molecule has 0 saturated heterocycles. The van der Waals surface area contributed by atoms with E-state index >= 15 is 0 Å². The van der Waals surface area contributed by atoms with Crippen LogP contribution in [0.15, 0.2) is 47.8 Å². The first kappa shape index (κ1) is 12.9. The van der Waals surface area contributed by atoms with Crippen LogP contribution in [-0.2, 0) is 13.1 Å². The predicted octanol–water partition coefficient (Wildman–Crippen LogP) is 2.28. The molecular formula is C16H19N3O. The van der Waals surface area contributed by atoms with Crippen LogP contribution in [-0.4, -0.2) is 27.0 Å².